The number of aryl methyl sites for hydroxylation is 1. The molecule has 5 rings (SSSR count). The Bertz CT molecular complexity index is 1330. The summed E-state index contributed by atoms with van der Waals surface area (Å²) in [6, 6.07) is 13.5. The van der Waals surface area contributed by atoms with Crippen LogP contribution >= 0.6 is 11.6 Å². The lowest BCUT2D eigenvalue weighted by Crippen LogP contribution is -2.44. The van der Waals surface area contributed by atoms with Crippen LogP contribution in [0.15, 0.2) is 42.5 Å². The van der Waals surface area contributed by atoms with Gasteiger partial charge in [0.2, 0.25) is 5.91 Å². The number of carbonyl (C=O) groups excluding carboxylic acids is 1. The third kappa shape index (κ3) is 4.05. The first-order valence-corrected chi connectivity index (χ1v) is 13.5. The van der Waals surface area contributed by atoms with Gasteiger partial charge >= 0.3 is 0 Å². The Labute approximate surface area is 198 Å². The summed E-state index contributed by atoms with van der Waals surface area (Å²) in [6.45, 7) is 1.93. The molecule has 1 aromatic heterocycles. The van der Waals surface area contributed by atoms with Gasteiger partial charge in [0.25, 0.3) is 0 Å². The van der Waals surface area contributed by atoms with E-state index in [2.05, 4.69) is 0 Å². The minimum absolute atomic E-state index is 0.0831. The molecular formula is C24H26ClN3O4S. The van der Waals surface area contributed by atoms with Crippen LogP contribution in [-0.4, -0.2) is 49.1 Å². The fourth-order valence-electron chi connectivity index (χ4n) is 5.11. The van der Waals surface area contributed by atoms with Gasteiger partial charge in [-0.25, -0.2) is 13.4 Å². The number of rotatable bonds is 6. The first-order chi connectivity index (χ1) is 15.8. The Hall–Kier alpha value is -2.42. The molecule has 2 aromatic carbocycles. The van der Waals surface area contributed by atoms with Crippen molar-refractivity contribution in [2.75, 3.05) is 30.1 Å². The number of imidazole rings is 1. The van der Waals surface area contributed by atoms with Gasteiger partial charge in [0, 0.05) is 36.7 Å². The number of amides is 1. The maximum absolute atomic E-state index is 13.8. The number of fused-ring (bicyclic) bond motifs is 3. The molecule has 0 aliphatic carbocycles. The largest absolute Gasteiger partial charge is 0.381 e. The fraction of sp³-hybridized carbons (Fsp3) is 0.417. The van der Waals surface area contributed by atoms with Crippen LogP contribution in [0.2, 0.25) is 5.02 Å². The minimum Gasteiger partial charge on any atom is -0.381 e. The highest BCUT2D eigenvalue weighted by atomic mass is 35.5. The number of aromatic nitrogens is 2. The van der Waals surface area contributed by atoms with E-state index in [1.807, 2.05) is 39.8 Å². The zero-order valence-electron chi connectivity index (χ0n) is 18.5. The highest BCUT2D eigenvalue weighted by Gasteiger charge is 2.51. The van der Waals surface area contributed by atoms with E-state index in [1.54, 1.807) is 12.1 Å². The van der Waals surface area contributed by atoms with Crippen LogP contribution in [0, 0.1) is 0 Å². The molecule has 1 amide bonds. The van der Waals surface area contributed by atoms with Crippen LogP contribution in [0.5, 0.6) is 0 Å². The van der Waals surface area contributed by atoms with Crippen molar-refractivity contribution in [2.24, 2.45) is 0 Å². The number of nitrogens with zero attached hydrogens (tertiary/aromatic N) is 3. The monoisotopic (exact) mass is 487 g/mol. The maximum Gasteiger partial charge on any atom is 0.238 e. The third-order valence-corrected chi connectivity index (χ3v) is 7.96. The second kappa shape index (κ2) is 8.42. The first-order valence-electron chi connectivity index (χ1n) is 11.1. The number of ether oxygens (including phenoxy) is 1. The normalized spacial score (nSPS) is 17.8. The molecule has 3 aromatic rings. The molecule has 0 N–H and O–H groups in total. The highest BCUT2D eigenvalue weighted by Crippen LogP contribution is 2.48. The lowest BCUT2D eigenvalue weighted by atomic mass is 9.75. The quantitative estimate of drug-likeness (QED) is 0.529. The van der Waals surface area contributed by atoms with E-state index in [-0.39, 0.29) is 11.7 Å². The Balaban J connectivity index is 1.53. The van der Waals surface area contributed by atoms with E-state index in [0.29, 0.717) is 56.4 Å². The molecule has 2 aliphatic rings. The molecule has 1 saturated heterocycles. The number of sulfone groups is 1. The molecule has 0 unspecified atom stereocenters. The molecule has 0 atom stereocenters. The molecule has 0 bridgehead atoms. The van der Waals surface area contributed by atoms with Gasteiger partial charge in [0.1, 0.15) is 15.7 Å². The van der Waals surface area contributed by atoms with Crippen molar-refractivity contribution in [1.82, 2.24) is 9.55 Å². The standard InChI is InChI=1S/C24H26ClN3O4S/c1-33(30,31)14-4-11-27-21-8-7-17(25)15-19(21)26-22(27)16-28-20-6-3-2-5-18(20)24(23(28)29)9-12-32-13-10-24/h2-3,5-8,15H,4,9-14,16H2,1H3. The van der Waals surface area contributed by atoms with Gasteiger partial charge in [-0.3, -0.25) is 4.79 Å². The number of para-hydroxylation sites is 1. The summed E-state index contributed by atoms with van der Waals surface area (Å²) < 4.78 is 30.9. The Morgan fingerprint density at radius 1 is 1.15 bits per heavy atom. The SMILES string of the molecule is CS(=O)(=O)CCCn1c(CN2C(=O)C3(CCOCC3)c3ccccc32)nc2cc(Cl)ccc21. The fourth-order valence-corrected chi connectivity index (χ4v) is 5.93. The van der Waals surface area contributed by atoms with Gasteiger partial charge in [-0.15, -0.1) is 0 Å². The minimum atomic E-state index is -3.07. The smallest absolute Gasteiger partial charge is 0.238 e. The predicted octanol–water partition coefficient (Wildman–Crippen LogP) is 3.72. The number of benzene rings is 2. The van der Waals surface area contributed by atoms with Crippen LogP contribution in [0.1, 0.15) is 30.7 Å². The highest BCUT2D eigenvalue weighted by molar-refractivity contribution is 7.90. The number of anilines is 1. The second-order valence-corrected chi connectivity index (χ2v) is 11.6. The summed E-state index contributed by atoms with van der Waals surface area (Å²) in [7, 11) is -3.07. The van der Waals surface area contributed by atoms with Crippen LogP contribution in [0.25, 0.3) is 11.0 Å². The van der Waals surface area contributed by atoms with E-state index < -0.39 is 15.3 Å². The van der Waals surface area contributed by atoms with E-state index in [4.69, 9.17) is 21.3 Å². The molecule has 1 fully saturated rings. The van der Waals surface area contributed by atoms with Crippen molar-refractivity contribution in [2.45, 2.75) is 37.8 Å². The van der Waals surface area contributed by atoms with Crippen LogP contribution in [0.3, 0.4) is 0 Å². The average Bonchev–Trinajstić information content (AvgIpc) is 3.22. The molecule has 174 valence electrons. The van der Waals surface area contributed by atoms with Crippen molar-refractivity contribution in [3.8, 4) is 0 Å². The van der Waals surface area contributed by atoms with Crippen molar-refractivity contribution in [3.05, 3.63) is 58.9 Å². The summed E-state index contributed by atoms with van der Waals surface area (Å²) in [4.78, 5) is 20.4. The van der Waals surface area contributed by atoms with Crippen LogP contribution in [-0.2, 0) is 37.9 Å². The van der Waals surface area contributed by atoms with E-state index in [0.717, 1.165) is 22.3 Å². The number of carbonyl (C=O) groups is 1. The number of hydrogen-bond acceptors (Lipinski definition) is 5. The topological polar surface area (TPSA) is 81.5 Å². The molecule has 3 heterocycles. The van der Waals surface area contributed by atoms with Crippen LogP contribution in [0.4, 0.5) is 5.69 Å². The van der Waals surface area contributed by atoms with Crippen molar-refractivity contribution >= 4 is 44.1 Å². The van der Waals surface area contributed by atoms with Crippen molar-refractivity contribution < 1.29 is 17.9 Å². The molecule has 0 radical (unpaired) electrons. The summed E-state index contributed by atoms with van der Waals surface area (Å²) in [6.07, 6.45) is 3.04. The third-order valence-electron chi connectivity index (χ3n) is 6.70. The van der Waals surface area contributed by atoms with E-state index in [1.165, 1.54) is 6.26 Å². The first kappa shape index (κ1) is 22.4. The van der Waals surface area contributed by atoms with Gasteiger partial charge in [-0.1, -0.05) is 29.8 Å². The number of halogens is 1. The number of hydrogen-bond donors (Lipinski definition) is 0. The molecule has 2 aliphatic heterocycles. The summed E-state index contributed by atoms with van der Waals surface area (Å²) in [5, 5.41) is 0.582. The predicted molar refractivity (Wildman–Crippen MR) is 128 cm³/mol. The van der Waals surface area contributed by atoms with Crippen molar-refractivity contribution in [1.29, 1.82) is 0 Å². The molecule has 1 spiro atoms. The van der Waals surface area contributed by atoms with Crippen molar-refractivity contribution in [3.63, 3.8) is 0 Å². The zero-order valence-corrected chi connectivity index (χ0v) is 20.0. The average molecular weight is 488 g/mol. The Morgan fingerprint density at radius 3 is 2.67 bits per heavy atom. The Morgan fingerprint density at radius 2 is 1.91 bits per heavy atom. The van der Waals surface area contributed by atoms with Gasteiger partial charge in [0.05, 0.1) is 28.7 Å². The summed E-state index contributed by atoms with van der Waals surface area (Å²) in [5.74, 6) is 0.890. The van der Waals surface area contributed by atoms with Gasteiger partial charge in [0.15, 0.2) is 0 Å². The lowest BCUT2D eigenvalue weighted by molar-refractivity contribution is -0.126. The summed E-state index contributed by atoms with van der Waals surface area (Å²) in [5.41, 5.74) is 3.03. The lowest BCUT2D eigenvalue weighted by Gasteiger charge is -2.32. The molecule has 33 heavy (non-hydrogen) atoms. The van der Waals surface area contributed by atoms with Gasteiger partial charge < -0.3 is 14.2 Å². The van der Waals surface area contributed by atoms with E-state index in [9.17, 15) is 13.2 Å². The van der Waals surface area contributed by atoms with Gasteiger partial charge in [-0.2, -0.15) is 0 Å². The van der Waals surface area contributed by atoms with Crippen LogP contribution < -0.4 is 4.90 Å². The van der Waals surface area contributed by atoms with Gasteiger partial charge in [-0.05, 0) is 49.1 Å². The molecular weight excluding hydrogens is 462 g/mol. The molecule has 0 saturated carbocycles. The molecule has 7 nitrogen and oxygen atoms in total. The van der Waals surface area contributed by atoms with E-state index >= 15 is 0 Å². The molecule has 9 heteroatoms. The second-order valence-electron chi connectivity index (χ2n) is 8.90. The maximum atomic E-state index is 13.8. The zero-order chi connectivity index (χ0) is 23.2. The summed E-state index contributed by atoms with van der Waals surface area (Å²) >= 11 is 6.20. The Kier molecular flexibility index (Phi) is 5.71.